The highest BCUT2D eigenvalue weighted by Crippen LogP contribution is 2.26. The van der Waals surface area contributed by atoms with Gasteiger partial charge in [0.15, 0.2) is 0 Å². The summed E-state index contributed by atoms with van der Waals surface area (Å²) in [5.74, 6) is 1.23. The molecule has 0 unspecified atom stereocenters. The lowest BCUT2D eigenvalue weighted by Crippen LogP contribution is -2.09. The van der Waals surface area contributed by atoms with Gasteiger partial charge in [-0.25, -0.2) is 0 Å². The molecular formula is C16H24O4. The highest BCUT2D eigenvalue weighted by molar-refractivity contribution is 5.73. The van der Waals surface area contributed by atoms with E-state index in [0.29, 0.717) is 25.6 Å². The molecule has 0 saturated heterocycles. The van der Waals surface area contributed by atoms with Crippen LogP contribution in [0, 0.1) is 0 Å². The number of hydrogen-bond acceptors (Lipinski definition) is 4. The molecule has 1 aromatic rings. The van der Waals surface area contributed by atoms with E-state index in [-0.39, 0.29) is 12.4 Å². The van der Waals surface area contributed by atoms with Crippen LogP contribution in [0.25, 0.3) is 0 Å². The van der Waals surface area contributed by atoms with Crippen LogP contribution in [0.15, 0.2) is 18.2 Å². The monoisotopic (exact) mass is 280 g/mol. The zero-order valence-corrected chi connectivity index (χ0v) is 12.6. The average Bonchev–Trinajstić information content (AvgIpc) is 2.45. The normalized spacial score (nSPS) is 10.2. The first-order valence-electron chi connectivity index (χ1n) is 7.25. The predicted molar refractivity (Wildman–Crippen MR) is 78.4 cm³/mol. The lowest BCUT2D eigenvalue weighted by molar-refractivity contribution is -0.142. The number of hydrogen-bond donors (Lipinski definition) is 0. The van der Waals surface area contributed by atoms with Gasteiger partial charge in [0.2, 0.25) is 0 Å². The lowest BCUT2D eigenvalue weighted by Gasteiger charge is -2.13. The fourth-order valence-corrected chi connectivity index (χ4v) is 1.70. The largest absolute Gasteiger partial charge is 0.493 e. The molecule has 0 aliphatic rings. The molecule has 20 heavy (non-hydrogen) atoms. The van der Waals surface area contributed by atoms with Crippen molar-refractivity contribution in [1.82, 2.24) is 0 Å². The molecule has 0 aliphatic heterocycles. The molecule has 1 rings (SSSR count). The number of carbonyl (C=O) groups is 1. The third kappa shape index (κ3) is 5.51. The number of rotatable bonds is 9. The van der Waals surface area contributed by atoms with E-state index < -0.39 is 0 Å². The number of ether oxygens (including phenoxy) is 3. The van der Waals surface area contributed by atoms with E-state index in [1.807, 2.05) is 25.1 Å². The highest BCUT2D eigenvalue weighted by Gasteiger charge is 2.11. The summed E-state index contributed by atoms with van der Waals surface area (Å²) in [7, 11) is 0. The van der Waals surface area contributed by atoms with Crippen LogP contribution in [0.2, 0.25) is 0 Å². The molecule has 0 amide bonds. The van der Waals surface area contributed by atoms with Gasteiger partial charge in [-0.15, -0.1) is 0 Å². The molecule has 0 aromatic heterocycles. The highest BCUT2D eigenvalue weighted by atomic mass is 16.5. The minimum absolute atomic E-state index is 0.223. The van der Waals surface area contributed by atoms with Crippen molar-refractivity contribution >= 4 is 5.97 Å². The van der Waals surface area contributed by atoms with Crippen LogP contribution in [0.5, 0.6) is 11.5 Å². The predicted octanol–water partition coefficient (Wildman–Crippen LogP) is 3.37. The summed E-state index contributed by atoms with van der Waals surface area (Å²) in [6.45, 7) is 7.58. The second-order valence-corrected chi connectivity index (χ2v) is 4.45. The zero-order chi connectivity index (χ0) is 14.8. The van der Waals surface area contributed by atoms with Crippen molar-refractivity contribution < 1.29 is 19.0 Å². The fourth-order valence-electron chi connectivity index (χ4n) is 1.70. The number of carbonyl (C=O) groups excluding carboxylic acids is 1. The van der Waals surface area contributed by atoms with E-state index in [1.54, 1.807) is 6.92 Å². The molecule has 0 N–H and O–H groups in total. The van der Waals surface area contributed by atoms with E-state index in [0.717, 1.165) is 24.2 Å². The first-order valence-corrected chi connectivity index (χ1v) is 7.25. The van der Waals surface area contributed by atoms with Crippen molar-refractivity contribution in [3.63, 3.8) is 0 Å². The molecule has 0 radical (unpaired) electrons. The van der Waals surface area contributed by atoms with Crippen LogP contribution in [0.3, 0.4) is 0 Å². The van der Waals surface area contributed by atoms with Crippen LogP contribution in [0.1, 0.15) is 39.2 Å². The van der Waals surface area contributed by atoms with E-state index >= 15 is 0 Å². The van der Waals surface area contributed by atoms with Crippen LogP contribution in [-0.4, -0.2) is 25.8 Å². The van der Waals surface area contributed by atoms with Crippen molar-refractivity contribution in [2.24, 2.45) is 0 Å². The first kappa shape index (κ1) is 16.3. The molecule has 4 heteroatoms. The Morgan fingerprint density at radius 3 is 2.40 bits per heavy atom. The summed E-state index contributed by atoms with van der Waals surface area (Å²) in [5.41, 5.74) is 0.834. The van der Waals surface area contributed by atoms with Gasteiger partial charge in [0.25, 0.3) is 0 Å². The molecular weight excluding hydrogens is 256 g/mol. The fraction of sp³-hybridized carbons (Fsp3) is 0.562. The van der Waals surface area contributed by atoms with Gasteiger partial charge in [-0.3, -0.25) is 4.79 Å². The van der Waals surface area contributed by atoms with Crippen molar-refractivity contribution in [3.05, 3.63) is 23.8 Å². The smallest absolute Gasteiger partial charge is 0.310 e. The summed E-state index contributed by atoms with van der Waals surface area (Å²) >= 11 is 0. The molecule has 0 heterocycles. The summed E-state index contributed by atoms with van der Waals surface area (Å²) < 4.78 is 16.3. The number of benzene rings is 1. The Morgan fingerprint density at radius 1 is 1.05 bits per heavy atom. The molecule has 0 bridgehead atoms. The van der Waals surface area contributed by atoms with Crippen LogP contribution in [-0.2, 0) is 16.0 Å². The Balaban J connectivity index is 2.82. The van der Waals surface area contributed by atoms with Crippen molar-refractivity contribution in [3.8, 4) is 11.5 Å². The van der Waals surface area contributed by atoms with E-state index in [9.17, 15) is 4.79 Å². The van der Waals surface area contributed by atoms with Crippen molar-refractivity contribution in [1.29, 1.82) is 0 Å². The third-order valence-electron chi connectivity index (χ3n) is 2.61. The molecule has 0 aliphatic carbocycles. The molecule has 1 aromatic carbocycles. The number of esters is 1. The van der Waals surface area contributed by atoms with Gasteiger partial charge in [-0.2, -0.15) is 0 Å². The summed E-state index contributed by atoms with van der Waals surface area (Å²) in [6.07, 6.45) is 2.09. The molecule has 0 fully saturated rings. The van der Waals surface area contributed by atoms with Gasteiger partial charge < -0.3 is 14.2 Å². The van der Waals surface area contributed by atoms with Gasteiger partial charge in [-0.1, -0.05) is 19.9 Å². The van der Waals surface area contributed by atoms with Crippen molar-refractivity contribution in [2.45, 2.75) is 40.0 Å². The Hall–Kier alpha value is -1.71. The topological polar surface area (TPSA) is 44.8 Å². The molecule has 4 nitrogen and oxygen atoms in total. The molecule has 112 valence electrons. The first-order chi connectivity index (χ1) is 9.71. The standard InChI is InChI=1S/C16H24O4/c1-4-9-19-14-8-7-13(11-16(17)18-6-3)15(12-14)20-10-5-2/h7-8,12H,4-6,9-11H2,1-3H3. The van der Waals surface area contributed by atoms with Crippen LogP contribution < -0.4 is 9.47 Å². The summed E-state index contributed by atoms with van der Waals surface area (Å²) in [5, 5.41) is 0. The van der Waals surface area contributed by atoms with Gasteiger partial charge in [0, 0.05) is 11.6 Å². The lowest BCUT2D eigenvalue weighted by atomic mass is 10.1. The molecule has 0 saturated carbocycles. The maximum absolute atomic E-state index is 11.6. The van der Waals surface area contributed by atoms with E-state index in [1.165, 1.54) is 0 Å². The van der Waals surface area contributed by atoms with E-state index in [4.69, 9.17) is 14.2 Å². The molecule has 0 spiro atoms. The van der Waals surface area contributed by atoms with Gasteiger partial charge >= 0.3 is 5.97 Å². The second-order valence-electron chi connectivity index (χ2n) is 4.45. The average molecular weight is 280 g/mol. The Labute approximate surface area is 121 Å². The Bertz CT molecular complexity index is 415. The maximum Gasteiger partial charge on any atom is 0.310 e. The van der Waals surface area contributed by atoms with Crippen molar-refractivity contribution in [2.75, 3.05) is 19.8 Å². The zero-order valence-electron chi connectivity index (χ0n) is 12.6. The molecule has 0 atom stereocenters. The summed E-state index contributed by atoms with van der Waals surface area (Å²) in [4.78, 5) is 11.6. The quantitative estimate of drug-likeness (QED) is 0.651. The SMILES string of the molecule is CCCOc1ccc(CC(=O)OCC)c(OCCC)c1. The van der Waals surface area contributed by atoms with E-state index in [2.05, 4.69) is 6.92 Å². The minimum atomic E-state index is -0.240. The Kier molecular flexibility index (Phi) is 7.55. The van der Waals surface area contributed by atoms with Gasteiger partial charge in [-0.05, 0) is 25.8 Å². The van der Waals surface area contributed by atoms with Gasteiger partial charge in [0.05, 0.1) is 26.2 Å². The third-order valence-corrected chi connectivity index (χ3v) is 2.61. The van der Waals surface area contributed by atoms with Gasteiger partial charge in [0.1, 0.15) is 11.5 Å². The van der Waals surface area contributed by atoms with Crippen LogP contribution >= 0.6 is 0 Å². The second kappa shape index (κ2) is 9.23. The van der Waals surface area contributed by atoms with Crippen LogP contribution in [0.4, 0.5) is 0 Å². The maximum atomic E-state index is 11.6. The minimum Gasteiger partial charge on any atom is -0.493 e. The summed E-state index contributed by atoms with van der Waals surface area (Å²) in [6, 6.07) is 5.58. The Morgan fingerprint density at radius 2 is 1.75 bits per heavy atom.